The summed E-state index contributed by atoms with van der Waals surface area (Å²) >= 11 is 7.51. The second-order valence-electron chi connectivity index (χ2n) is 11.1. The quantitative estimate of drug-likeness (QED) is 0.379. The largest absolute Gasteiger partial charge is 0.340 e. The van der Waals surface area contributed by atoms with Crippen molar-refractivity contribution in [2.45, 2.75) is 56.6 Å². The molecule has 2 aliphatic heterocycles. The highest BCUT2D eigenvalue weighted by atomic mass is 35.5. The van der Waals surface area contributed by atoms with Crippen LogP contribution in [-0.2, 0) is 19.6 Å². The van der Waals surface area contributed by atoms with Crippen LogP contribution in [0.3, 0.4) is 0 Å². The van der Waals surface area contributed by atoms with Crippen molar-refractivity contribution in [2.24, 2.45) is 5.92 Å². The van der Waals surface area contributed by atoms with E-state index in [4.69, 9.17) is 11.6 Å². The molecule has 0 saturated carbocycles. The third-order valence-electron chi connectivity index (χ3n) is 7.59. The zero-order chi connectivity index (χ0) is 29.5. The Morgan fingerprint density at radius 2 is 1.76 bits per heavy atom. The van der Waals surface area contributed by atoms with E-state index >= 15 is 0 Å². The number of benzene rings is 2. The molecule has 1 unspecified atom stereocenters. The van der Waals surface area contributed by atoms with Gasteiger partial charge < -0.3 is 15.1 Å². The van der Waals surface area contributed by atoms with E-state index in [1.54, 1.807) is 28.9 Å². The average molecular weight is 617 g/mol. The fourth-order valence-electron chi connectivity index (χ4n) is 5.62. The van der Waals surface area contributed by atoms with Crippen LogP contribution >= 0.6 is 22.9 Å². The van der Waals surface area contributed by atoms with E-state index in [1.807, 2.05) is 44.2 Å². The lowest BCUT2D eigenvalue weighted by atomic mass is 10.0. The Bertz CT molecular complexity index is 1570. The highest BCUT2D eigenvalue weighted by Gasteiger charge is 2.48. The standard InChI is InChI=1S/C29H33ClN4O5S2/c1-17(2)10-23(32-28(36)25-12-19-6-4-5-7-24(19)40-25)29(37)34-16-20-13-21(34)15-33(20)27(35)14-31-41(38,39)26-9-8-18(3)11-22(26)30/h4-9,11-12,17,20-21,23,31H,10,13-16H2,1-3H3,(H,32,36)/t20-,21-,23?/m0/s1. The highest BCUT2D eigenvalue weighted by molar-refractivity contribution is 7.89. The number of aryl methyl sites for hydroxylation is 1. The second kappa shape index (κ2) is 11.7. The van der Waals surface area contributed by atoms with Crippen LogP contribution in [0.5, 0.6) is 0 Å². The Morgan fingerprint density at radius 1 is 1.05 bits per heavy atom. The summed E-state index contributed by atoms with van der Waals surface area (Å²) in [6, 6.07) is 13.2. The van der Waals surface area contributed by atoms with Gasteiger partial charge in [-0.15, -0.1) is 11.3 Å². The van der Waals surface area contributed by atoms with Crippen LogP contribution in [0.2, 0.25) is 5.02 Å². The van der Waals surface area contributed by atoms with Crippen LogP contribution in [-0.4, -0.2) is 73.7 Å². The van der Waals surface area contributed by atoms with Crippen molar-refractivity contribution in [1.29, 1.82) is 0 Å². The molecule has 0 radical (unpaired) electrons. The summed E-state index contributed by atoms with van der Waals surface area (Å²) in [5.41, 5.74) is 0.826. The van der Waals surface area contributed by atoms with Gasteiger partial charge in [0.25, 0.3) is 5.91 Å². The van der Waals surface area contributed by atoms with Crippen LogP contribution < -0.4 is 10.0 Å². The van der Waals surface area contributed by atoms with Gasteiger partial charge in [-0.1, -0.05) is 49.7 Å². The molecule has 5 rings (SSSR count). The smallest absolute Gasteiger partial charge is 0.262 e. The molecule has 3 aromatic rings. The minimum Gasteiger partial charge on any atom is -0.340 e. The molecule has 0 spiro atoms. The molecule has 3 heterocycles. The fourth-order valence-corrected chi connectivity index (χ4v) is 8.16. The first-order chi connectivity index (χ1) is 19.4. The van der Waals surface area contributed by atoms with Crippen LogP contribution in [0.15, 0.2) is 53.4 Å². The lowest BCUT2D eigenvalue weighted by molar-refractivity contribution is -0.140. The van der Waals surface area contributed by atoms with E-state index in [2.05, 4.69) is 10.0 Å². The number of piperazine rings is 1. The molecular weight excluding hydrogens is 584 g/mol. The number of hydrogen-bond donors (Lipinski definition) is 2. The maximum absolute atomic E-state index is 13.7. The van der Waals surface area contributed by atoms with Gasteiger partial charge in [0.15, 0.2) is 0 Å². The lowest BCUT2D eigenvalue weighted by Gasteiger charge is -2.36. The number of nitrogens with zero attached hydrogens (tertiary/aromatic N) is 2. The zero-order valence-corrected chi connectivity index (χ0v) is 25.5. The van der Waals surface area contributed by atoms with Gasteiger partial charge in [0.2, 0.25) is 21.8 Å². The average Bonchev–Trinajstić information content (AvgIpc) is 3.65. The van der Waals surface area contributed by atoms with E-state index in [0.29, 0.717) is 30.8 Å². The van der Waals surface area contributed by atoms with E-state index in [9.17, 15) is 22.8 Å². The summed E-state index contributed by atoms with van der Waals surface area (Å²) in [5.74, 6) is -0.595. The molecular formula is C29H33ClN4O5S2. The third-order valence-corrected chi connectivity index (χ3v) is 10.6. The van der Waals surface area contributed by atoms with Gasteiger partial charge in [-0.25, -0.2) is 13.1 Å². The van der Waals surface area contributed by atoms with Gasteiger partial charge in [0, 0.05) is 17.8 Å². The number of carbonyl (C=O) groups is 3. The molecule has 41 heavy (non-hydrogen) atoms. The van der Waals surface area contributed by atoms with E-state index in [-0.39, 0.29) is 45.6 Å². The third kappa shape index (κ3) is 6.28. The normalized spacial score (nSPS) is 19.2. The van der Waals surface area contributed by atoms with Gasteiger partial charge in [0.05, 0.1) is 28.5 Å². The van der Waals surface area contributed by atoms with Gasteiger partial charge in [-0.2, -0.15) is 0 Å². The number of halogens is 1. The van der Waals surface area contributed by atoms with E-state index in [1.165, 1.54) is 17.4 Å². The fraction of sp³-hybridized carbons (Fsp3) is 0.414. The van der Waals surface area contributed by atoms with Crippen LogP contribution in [0.25, 0.3) is 10.1 Å². The maximum Gasteiger partial charge on any atom is 0.262 e. The van der Waals surface area contributed by atoms with Crippen molar-refractivity contribution in [3.05, 3.63) is 64.0 Å². The molecule has 2 N–H and O–H groups in total. The Kier molecular flexibility index (Phi) is 8.43. The van der Waals surface area contributed by atoms with Crippen molar-refractivity contribution >= 4 is 60.8 Å². The molecule has 2 bridgehead atoms. The Hall–Kier alpha value is -2.99. The molecule has 3 atom stereocenters. The topological polar surface area (TPSA) is 116 Å². The summed E-state index contributed by atoms with van der Waals surface area (Å²) in [6.45, 7) is 6.09. The summed E-state index contributed by atoms with van der Waals surface area (Å²) in [7, 11) is -3.97. The number of sulfonamides is 1. The molecule has 12 heteroatoms. The minimum atomic E-state index is -3.97. The predicted octanol–water partition coefficient (Wildman–Crippen LogP) is 3.80. The number of likely N-dealkylation sites (tertiary alicyclic amines) is 2. The summed E-state index contributed by atoms with van der Waals surface area (Å²) in [6.07, 6.45) is 1.11. The summed E-state index contributed by atoms with van der Waals surface area (Å²) < 4.78 is 28.8. The Morgan fingerprint density at radius 3 is 2.41 bits per heavy atom. The minimum absolute atomic E-state index is 0.0776. The maximum atomic E-state index is 13.7. The second-order valence-corrected chi connectivity index (χ2v) is 14.4. The first kappa shape index (κ1) is 29.5. The Labute approximate surface area is 248 Å². The van der Waals surface area contributed by atoms with E-state index in [0.717, 1.165) is 15.6 Å². The van der Waals surface area contributed by atoms with Crippen molar-refractivity contribution in [3.8, 4) is 0 Å². The summed E-state index contributed by atoms with van der Waals surface area (Å²) in [5, 5.41) is 4.05. The first-order valence-corrected chi connectivity index (χ1v) is 16.3. The predicted molar refractivity (Wildman–Crippen MR) is 160 cm³/mol. The zero-order valence-electron chi connectivity index (χ0n) is 23.1. The molecule has 1 aromatic heterocycles. The lowest BCUT2D eigenvalue weighted by Crippen LogP contribution is -2.57. The Balaban J connectivity index is 1.20. The number of carbonyl (C=O) groups excluding carboxylic acids is 3. The van der Waals surface area contributed by atoms with Crippen molar-refractivity contribution in [3.63, 3.8) is 0 Å². The molecule has 218 valence electrons. The van der Waals surface area contributed by atoms with Crippen molar-refractivity contribution in [2.75, 3.05) is 19.6 Å². The van der Waals surface area contributed by atoms with Crippen LogP contribution in [0.4, 0.5) is 0 Å². The number of amides is 3. The first-order valence-electron chi connectivity index (χ1n) is 13.6. The molecule has 2 aliphatic rings. The molecule has 0 aliphatic carbocycles. The van der Waals surface area contributed by atoms with Gasteiger partial charge in [0.1, 0.15) is 10.9 Å². The van der Waals surface area contributed by atoms with Crippen LogP contribution in [0, 0.1) is 12.8 Å². The van der Waals surface area contributed by atoms with Crippen molar-refractivity contribution < 1.29 is 22.8 Å². The SMILES string of the molecule is Cc1ccc(S(=O)(=O)NCC(=O)N2C[C@@H]3C[C@H]2CN3C(=O)C(CC(C)C)NC(=O)c2cc3ccccc3s2)c(Cl)c1. The number of hydrogen-bond acceptors (Lipinski definition) is 6. The van der Waals surface area contributed by atoms with Crippen molar-refractivity contribution in [1.82, 2.24) is 19.8 Å². The van der Waals surface area contributed by atoms with Crippen LogP contribution in [0.1, 0.15) is 41.9 Å². The monoisotopic (exact) mass is 616 g/mol. The number of nitrogens with one attached hydrogen (secondary N) is 2. The summed E-state index contributed by atoms with van der Waals surface area (Å²) in [4.78, 5) is 43.7. The van der Waals surface area contributed by atoms with Gasteiger partial charge in [-0.05, 0) is 60.9 Å². The number of thiophene rings is 1. The van der Waals surface area contributed by atoms with E-state index < -0.39 is 22.6 Å². The number of rotatable bonds is 9. The molecule has 9 nitrogen and oxygen atoms in total. The van der Waals surface area contributed by atoms with Gasteiger partial charge in [-0.3, -0.25) is 14.4 Å². The molecule has 3 amide bonds. The molecule has 2 aromatic carbocycles. The molecule has 2 fully saturated rings. The molecule has 2 saturated heterocycles. The highest BCUT2D eigenvalue weighted by Crippen LogP contribution is 2.32. The number of fused-ring (bicyclic) bond motifs is 3. The van der Waals surface area contributed by atoms with Gasteiger partial charge >= 0.3 is 0 Å².